The van der Waals surface area contributed by atoms with Gasteiger partial charge in [-0.2, -0.15) is 0 Å². The smallest absolute Gasteiger partial charge is 0.333 e. The third kappa shape index (κ3) is 3.87. The van der Waals surface area contributed by atoms with Gasteiger partial charge in [-0.15, -0.1) is 0 Å². The Hall–Kier alpha value is -1.40. The van der Waals surface area contributed by atoms with Gasteiger partial charge in [0.15, 0.2) is 6.10 Å². The number of hydrogen-bond donors (Lipinski definition) is 1. The topological polar surface area (TPSA) is 75.8 Å². The molecule has 1 aromatic rings. The lowest BCUT2D eigenvalue weighted by atomic mass is 9.88. The highest BCUT2D eigenvalue weighted by atomic mass is 16.5. The number of aliphatic carboxylic acids is 1. The molecule has 6 heteroatoms. The second kappa shape index (κ2) is 6.79. The minimum atomic E-state index is -0.866. The second-order valence-corrected chi connectivity index (χ2v) is 7.05. The van der Waals surface area contributed by atoms with E-state index in [1.54, 1.807) is 6.26 Å². The number of aromatic nitrogens is 1. The molecule has 0 aliphatic carbocycles. The quantitative estimate of drug-likeness (QED) is 0.899. The fraction of sp³-hybridized carbons (Fsp3) is 0.750. The molecule has 124 valence electrons. The Morgan fingerprint density at radius 3 is 2.64 bits per heavy atom. The maximum atomic E-state index is 11.2. The SMILES string of the molecule is COC(C(=O)O)C1CCN(Cc2conc2C(C)(C)C)CC1. The number of hydrogen-bond acceptors (Lipinski definition) is 5. The van der Waals surface area contributed by atoms with Crippen LogP contribution in [0.2, 0.25) is 0 Å². The van der Waals surface area contributed by atoms with E-state index in [1.807, 2.05) is 0 Å². The van der Waals surface area contributed by atoms with E-state index in [-0.39, 0.29) is 11.3 Å². The molecular weight excluding hydrogens is 284 g/mol. The van der Waals surface area contributed by atoms with Gasteiger partial charge >= 0.3 is 5.97 Å². The summed E-state index contributed by atoms with van der Waals surface area (Å²) in [6.45, 7) is 8.90. The predicted molar refractivity (Wildman–Crippen MR) is 81.6 cm³/mol. The van der Waals surface area contributed by atoms with Gasteiger partial charge in [-0.3, -0.25) is 4.90 Å². The lowest BCUT2D eigenvalue weighted by molar-refractivity contribution is -0.153. The molecule has 1 atom stereocenters. The van der Waals surface area contributed by atoms with Crippen LogP contribution in [0.3, 0.4) is 0 Å². The molecule has 0 amide bonds. The zero-order valence-corrected chi connectivity index (χ0v) is 13.8. The van der Waals surface area contributed by atoms with Gasteiger partial charge in [0.05, 0.1) is 5.69 Å². The number of piperidine rings is 1. The van der Waals surface area contributed by atoms with Gasteiger partial charge in [-0.25, -0.2) is 4.79 Å². The van der Waals surface area contributed by atoms with E-state index < -0.39 is 12.1 Å². The first-order valence-corrected chi connectivity index (χ1v) is 7.74. The van der Waals surface area contributed by atoms with Crippen LogP contribution in [0.1, 0.15) is 44.9 Å². The normalized spacial score (nSPS) is 19.3. The van der Waals surface area contributed by atoms with E-state index in [0.717, 1.165) is 43.7 Å². The summed E-state index contributed by atoms with van der Waals surface area (Å²) in [6, 6.07) is 0. The molecule has 1 N–H and O–H groups in total. The Bertz CT molecular complexity index is 498. The fourth-order valence-corrected chi connectivity index (χ4v) is 3.14. The zero-order chi connectivity index (χ0) is 16.3. The van der Waals surface area contributed by atoms with E-state index in [9.17, 15) is 4.79 Å². The summed E-state index contributed by atoms with van der Waals surface area (Å²) in [7, 11) is 1.47. The van der Waals surface area contributed by atoms with Crippen LogP contribution in [0.15, 0.2) is 10.8 Å². The highest BCUT2D eigenvalue weighted by Gasteiger charge is 2.32. The van der Waals surface area contributed by atoms with Gasteiger partial charge in [0.1, 0.15) is 6.26 Å². The molecule has 1 aliphatic rings. The van der Waals surface area contributed by atoms with Gasteiger partial charge in [0.2, 0.25) is 0 Å². The Morgan fingerprint density at radius 2 is 2.14 bits per heavy atom. The van der Waals surface area contributed by atoms with E-state index in [2.05, 4.69) is 30.8 Å². The van der Waals surface area contributed by atoms with Crippen LogP contribution in [-0.2, 0) is 21.5 Å². The number of likely N-dealkylation sites (tertiary alicyclic amines) is 1. The zero-order valence-electron chi connectivity index (χ0n) is 13.8. The molecule has 0 aromatic carbocycles. The summed E-state index contributed by atoms with van der Waals surface area (Å²) in [6.07, 6.45) is 2.70. The van der Waals surface area contributed by atoms with Crippen LogP contribution >= 0.6 is 0 Å². The molecule has 1 aromatic heterocycles. The minimum Gasteiger partial charge on any atom is -0.479 e. The van der Waals surface area contributed by atoms with Gasteiger partial charge in [0, 0.05) is 24.6 Å². The molecule has 2 rings (SSSR count). The number of carbonyl (C=O) groups is 1. The minimum absolute atomic E-state index is 0.0366. The predicted octanol–water partition coefficient (Wildman–Crippen LogP) is 2.28. The summed E-state index contributed by atoms with van der Waals surface area (Å²) in [4.78, 5) is 13.5. The number of carboxylic acid groups (broad SMARTS) is 1. The van der Waals surface area contributed by atoms with Crippen LogP contribution in [0.5, 0.6) is 0 Å². The molecular formula is C16H26N2O4. The molecule has 2 heterocycles. The van der Waals surface area contributed by atoms with Crippen molar-refractivity contribution in [3.05, 3.63) is 17.5 Å². The third-order valence-corrected chi connectivity index (χ3v) is 4.31. The number of rotatable bonds is 5. The fourth-order valence-electron chi connectivity index (χ4n) is 3.14. The Kier molecular flexibility index (Phi) is 5.24. The van der Waals surface area contributed by atoms with Crippen molar-refractivity contribution in [1.82, 2.24) is 10.1 Å². The first-order chi connectivity index (χ1) is 10.3. The van der Waals surface area contributed by atoms with E-state index in [4.69, 9.17) is 14.4 Å². The van der Waals surface area contributed by atoms with Crippen LogP contribution in [0.4, 0.5) is 0 Å². The Morgan fingerprint density at radius 1 is 1.50 bits per heavy atom. The van der Waals surface area contributed by atoms with Crippen molar-refractivity contribution in [3.63, 3.8) is 0 Å². The van der Waals surface area contributed by atoms with Crippen LogP contribution < -0.4 is 0 Å². The van der Waals surface area contributed by atoms with Gasteiger partial charge in [0.25, 0.3) is 0 Å². The molecule has 1 saturated heterocycles. The van der Waals surface area contributed by atoms with Crippen LogP contribution in [0.25, 0.3) is 0 Å². The van der Waals surface area contributed by atoms with Crippen molar-refractivity contribution < 1.29 is 19.2 Å². The van der Waals surface area contributed by atoms with Crippen molar-refractivity contribution in [2.75, 3.05) is 20.2 Å². The number of methoxy groups -OCH3 is 1. The molecule has 0 bridgehead atoms. The lowest BCUT2D eigenvalue weighted by Gasteiger charge is -2.34. The highest BCUT2D eigenvalue weighted by Crippen LogP contribution is 2.28. The Labute approximate surface area is 131 Å². The molecule has 1 fully saturated rings. The van der Waals surface area contributed by atoms with Crippen LogP contribution in [-0.4, -0.2) is 47.4 Å². The summed E-state index contributed by atoms with van der Waals surface area (Å²) in [5.74, 6) is -0.779. The van der Waals surface area contributed by atoms with Gasteiger partial charge < -0.3 is 14.4 Å². The first-order valence-electron chi connectivity index (χ1n) is 7.74. The maximum Gasteiger partial charge on any atom is 0.333 e. The molecule has 0 spiro atoms. The van der Waals surface area contributed by atoms with Gasteiger partial charge in [-0.1, -0.05) is 25.9 Å². The highest BCUT2D eigenvalue weighted by molar-refractivity contribution is 5.72. The van der Waals surface area contributed by atoms with Crippen molar-refractivity contribution in [2.24, 2.45) is 5.92 Å². The summed E-state index contributed by atoms with van der Waals surface area (Å²) >= 11 is 0. The third-order valence-electron chi connectivity index (χ3n) is 4.31. The molecule has 0 radical (unpaired) electrons. The second-order valence-electron chi connectivity index (χ2n) is 7.05. The van der Waals surface area contributed by atoms with E-state index in [0.29, 0.717) is 0 Å². The number of carboxylic acids is 1. The maximum absolute atomic E-state index is 11.2. The van der Waals surface area contributed by atoms with Crippen molar-refractivity contribution in [2.45, 2.75) is 51.7 Å². The Balaban J connectivity index is 1.93. The largest absolute Gasteiger partial charge is 0.479 e. The monoisotopic (exact) mass is 310 g/mol. The summed E-state index contributed by atoms with van der Waals surface area (Å²) in [5, 5.41) is 13.3. The summed E-state index contributed by atoms with van der Waals surface area (Å²) in [5.41, 5.74) is 2.08. The molecule has 1 unspecified atom stereocenters. The van der Waals surface area contributed by atoms with Crippen molar-refractivity contribution in [3.8, 4) is 0 Å². The standard InChI is InChI=1S/C16H26N2O4/c1-16(2,3)14-12(10-22-17-14)9-18-7-5-11(6-8-18)13(21-4)15(19)20/h10-11,13H,5-9H2,1-4H3,(H,19,20). The van der Waals surface area contributed by atoms with Crippen LogP contribution in [0, 0.1) is 5.92 Å². The van der Waals surface area contributed by atoms with Gasteiger partial charge in [-0.05, 0) is 31.8 Å². The molecule has 0 saturated carbocycles. The average molecular weight is 310 g/mol. The van der Waals surface area contributed by atoms with Crippen molar-refractivity contribution in [1.29, 1.82) is 0 Å². The van der Waals surface area contributed by atoms with E-state index in [1.165, 1.54) is 7.11 Å². The summed E-state index contributed by atoms with van der Waals surface area (Å²) < 4.78 is 10.3. The molecule has 22 heavy (non-hydrogen) atoms. The molecule has 6 nitrogen and oxygen atoms in total. The van der Waals surface area contributed by atoms with Crippen molar-refractivity contribution >= 4 is 5.97 Å². The molecule has 1 aliphatic heterocycles. The average Bonchev–Trinajstić information content (AvgIpc) is 2.89. The number of nitrogens with zero attached hydrogens (tertiary/aromatic N) is 2. The lowest BCUT2D eigenvalue weighted by Crippen LogP contribution is -2.41. The number of ether oxygens (including phenoxy) is 1. The first kappa shape index (κ1) is 17.0. The van der Waals surface area contributed by atoms with E-state index >= 15 is 0 Å².